The Kier molecular flexibility index (Phi) is 7.72. The van der Waals surface area contributed by atoms with Crippen molar-refractivity contribution in [2.24, 2.45) is 5.92 Å². The van der Waals surface area contributed by atoms with Crippen LogP contribution in [0.3, 0.4) is 0 Å². The van der Waals surface area contributed by atoms with E-state index in [0.29, 0.717) is 19.8 Å². The maximum Gasteiger partial charge on any atom is 0.220 e. The van der Waals surface area contributed by atoms with Gasteiger partial charge in [0.2, 0.25) is 11.6 Å². The molecule has 4 rings (SSSR count). The second-order valence-corrected chi connectivity index (χ2v) is 10.3. The van der Waals surface area contributed by atoms with Gasteiger partial charge in [0.15, 0.2) is 5.79 Å². The molecule has 0 bridgehead atoms. The van der Waals surface area contributed by atoms with Gasteiger partial charge in [0.1, 0.15) is 18.3 Å². The van der Waals surface area contributed by atoms with Gasteiger partial charge in [-0.2, -0.15) is 0 Å². The molecule has 8 heteroatoms. The molecular weight excluding hydrogens is 440 g/mol. The summed E-state index contributed by atoms with van der Waals surface area (Å²) in [6, 6.07) is 10.1. The zero-order chi connectivity index (χ0) is 24.6. The van der Waals surface area contributed by atoms with Crippen molar-refractivity contribution < 1.29 is 37.9 Å². The van der Waals surface area contributed by atoms with Gasteiger partial charge in [-0.25, -0.2) is 0 Å². The van der Waals surface area contributed by atoms with Crippen molar-refractivity contribution in [2.45, 2.75) is 95.5 Å². The minimum absolute atomic E-state index is 0.127. The number of benzene rings is 1. The van der Waals surface area contributed by atoms with Crippen molar-refractivity contribution in [3.05, 3.63) is 35.9 Å². The Morgan fingerprint density at radius 3 is 2.12 bits per heavy atom. The summed E-state index contributed by atoms with van der Waals surface area (Å²) < 4.78 is 49.2. The second kappa shape index (κ2) is 10.1. The molecule has 2 heterocycles. The van der Waals surface area contributed by atoms with Crippen LogP contribution in [0.4, 0.5) is 0 Å². The molecule has 1 aromatic carbocycles. The van der Waals surface area contributed by atoms with Crippen LogP contribution >= 0.6 is 0 Å². The Morgan fingerprint density at radius 1 is 0.882 bits per heavy atom. The SMILES string of the molecule is CO[C@@]1(C)O[C@@H]2[C@H](OCc3ccccc3)[C@H](C)C[C@@H](OC[C@H]3COC(C)(C)O3)[C@H]2O[C@]1(C)OC. The van der Waals surface area contributed by atoms with E-state index in [1.165, 1.54) is 0 Å². The standard InChI is InChI=1S/C26H40O8/c1-17-13-20(29-15-19-16-31-24(2,3)32-19)22-23(21(17)30-14-18-11-9-8-10-12-18)34-26(5,28-7)25(4,27-6)33-22/h8-12,17,19-23H,13-16H2,1-7H3/t17-,19+,20-,21-,22-,23-,25+,26+/m1/s1. The Morgan fingerprint density at radius 2 is 1.53 bits per heavy atom. The highest BCUT2D eigenvalue weighted by Crippen LogP contribution is 2.46. The van der Waals surface area contributed by atoms with E-state index < -0.39 is 29.6 Å². The number of ether oxygens (including phenoxy) is 8. The Balaban J connectivity index is 1.53. The number of rotatable bonds is 8. The molecule has 0 N–H and O–H groups in total. The van der Waals surface area contributed by atoms with E-state index >= 15 is 0 Å². The van der Waals surface area contributed by atoms with E-state index in [9.17, 15) is 0 Å². The Hall–Kier alpha value is -1.10. The molecule has 2 saturated heterocycles. The first-order valence-electron chi connectivity index (χ1n) is 12.1. The minimum Gasteiger partial charge on any atom is -0.373 e. The highest BCUT2D eigenvalue weighted by molar-refractivity contribution is 5.13. The van der Waals surface area contributed by atoms with Gasteiger partial charge in [-0.3, -0.25) is 0 Å². The lowest BCUT2D eigenvalue weighted by Crippen LogP contribution is -2.71. The van der Waals surface area contributed by atoms with Crippen molar-refractivity contribution in [3.63, 3.8) is 0 Å². The third kappa shape index (κ3) is 5.20. The van der Waals surface area contributed by atoms with Crippen LogP contribution in [0.1, 0.15) is 46.6 Å². The maximum absolute atomic E-state index is 6.61. The molecule has 0 radical (unpaired) electrons. The Labute approximate surface area is 203 Å². The molecule has 3 aliphatic rings. The summed E-state index contributed by atoms with van der Waals surface area (Å²) >= 11 is 0. The van der Waals surface area contributed by atoms with Crippen molar-refractivity contribution in [1.82, 2.24) is 0 Å². The van der Waals surface area contributed by atoms with Gasteiger partial charge < -0.3 is 37.9 Å². The zero-order valence-electron chi connectivity index (χ0n) is 21.4. The summed E-state index contributed by atoms with van der Waals surface area (Å²) in [7, 11) is 3.19. The quantitative estimate of drug-likeness (QED) is 0.558. The maximum atomic E-state index is 6.61. The fourth-order valence-corrected chi connectivity index (χ4v) is 5.10. The van der Waals surface area contributed by atoms with Gasteiger partial charge in [0.05, 0.1) is 32.0 Å². The summed E-state index contributed by atoms with van der Waals surface area (Å²) in [4.78, 5) is 0. The molecule has 34 heavy (non-hydrogen) atoms. The Bertz CT molecular complexity index is 803. The van der Waals surface area contributed by atoms with Gasteiger partial charge in [-0.1, -0.05) is 37.3 Å². The second-order valence-electron chi connectivity index (χ2n) is 10.3. The van der Waals surface area contributed by atoms with Crippen LogP contribution < -0.4 is 0 Å². The lowest BCUT2D eigenvalue weighted by Gasteiger charge is -2.57. The first-order valence-corrected chi connectivity index (χ1v) is 12.1. The van der Waals surface area contributed by atoms with Crippen molar-refractivity contribution in [2.75, 3.05) is 27.4 Å². The average molecular weight is 481 g/mol. The largest absolute Gasteiger partial charge is 0.373 e. The highest BCUT2D eigenvalue weighted by Gasteiger charge is 2.62. The van der Waals surface area contributed by atoms with Crippen molar-refractivity contribution in [1.29, 1.82) is 0 Å². The lowest BCUT2D eigenvalue weighted by atomic mass is 9.80. The first-order chi connectivity index (χ1) is 16.1. The van der Waals surface area contributed by atoms with Crippen molar-refractivity contribution >= 4 is 0 Å². The molecular formula is C26H40O8. The van der Waals surface area contributed by atoms with Gasteiger partial charge in [0, 0.05) is 14.2 Å². The zero-order valence-corrected chi connectivity index (χ0v) is 21.4. The predicted octanol–water partition coefficient (Wildman–Crippen LogP) is 3.66. The normalized spacial score (nSPS) is 41.9. The van der Waals surface area contributed by atoms with Crippen LogP contribution in [0.25, 0.3) is 0 Å². The molecule has 2 aliphatic heterocycles. The predicted molar refractivity (Wildman–Crippen MR) is 124 cm³/mol. The van der Waals surface area contributed by atoms with Crippen LogP contribution in [0.2, 0.25) is 0 Å². The van der Waals surface area contributed by atoms with Crippen molar-refractivity contribution in [3.8, 4) is 0 Å². The van der Waals surface area contributed by atoms with E-state index in [2.05, 4.69) is 19.1 Å². The van der Waals surface area contributed by atoms with E-state index in [-0.39, 0.29) is 24.2 Å². The van der Waals surface area contributed by atoms with E-state index in [1.54, 1.807) is 14.2 Å². The number of hydrogen-bond acceptors (Lipinski definition) is 8. The molecule has 1 aliphatic carbocycles. The fraction of sp³-hybridized carbons (Fsp3) is 0.769. The molecule has 0 spiro atoms. The monoisotopic (exact) mass is 480 g/mol. The topological polar surface area (TPSA) is 73.8 Å². The van der Waals surface area contributed by atoms with Gasteiger partial charge >= 0.3 is 0 Å². The molecule has 0 aromatic heterocycles. The summed E-state index contributed by atoms with van der Waals surface area (Å²) in [6.07, 6.45) is -0.600. The number of fused-ring (bicyclic) bond motifs is 1. The van der Waals surface area contributed by atoms with E-state index in [1.807, 2.05) is 45.9 Å². The van der Waals surface area contributed by atoms with E-state index in [4.69, 9.17) is 37.9 Å². The smallest absolute Gasteiger partial charge is 0.220 e. The van der Waals surface area contributed by atoms with Gasteiger partial charge in [-0.15, -0.1) is 0 Å². The third-order valence-corrected chi connectivity index (χ3v) is 7.35. The lowest BCUT2D eigenvalue weighted by molar-refractivity contribution is -0.468. The molecule has 1 aromatic rings. The number of methoxy groups -OCH3 is 2. The summed E-state index contributed by atoms with van der Waals surface area (Å²) in [6.45, 7) is 11.1. The number of hydrogen-bond donors (Lipinski definition) is 0. The first kappa shape index (κ1) is 26.0. The van der Waals surface area contributed by atoms with Gasteiger partial charge in [0.25, 0.3) is 0 Å². The summed E-state index contributed by atoms with van der Waals surface area (Å²) in [5.74, 6) is -2.66. The van der Waals surface area contributed by atoms with Gasteiger partial charge in [-0.05, 0) is 45.6 Å². The molecule has 0 amide bonds. The average Bonchev–Trinajstić information content (AvgIpc) is 3.17. The minimum atomic E-state index is -1.12. The van der Waals surface area contributed by atoms with Crippen LogP contribution in [-0.4, -0.2) is 75.3 Å². The molecule has 192 valence electrons. The molecule has 0 unspecified atom stereocenters. The van der Waals surface area contributed by atoms with Crippen LogP contribution in [0.15, 0.2) is 30.3 Å². The molecule has 3 fully saturated rings. The van der Waals surface area contributed by atoms with Crippen LogP contribution in [0.5, 0.6) is 0 Å². The molecule has 8 nitrogen and oxygen atoms in total. The summed E-state index contributed by atoms with van der Waals surface area (Å²) in [5, 5.41) is 0. The highest BCUT2D eigenvalue weighted by atomic mass is 16.8. The van der Waals surface area contributed by atoms with Crippen LogP contribution in [0, 0.1) is 5.92 Å². The third-order valence-electron chi connectivity index (χ3n) is 7.35. The van der Waals surface area contributed by atoms with E-state index in [0.717, 1.165) is 12.0 Å². The van der Waals surface area contributed by atoms with Crippen LogP contribution in [-0.2, 0) is 44.5 Å². The molecule has 8 atom stereocenters. The molecule has 1 saturated carbocycles. The fourth-order valence-electron chi connectivity index (χ4n) is 5.10. The summed E-state index contributed by atoms with van der Waals surface area (Å²) in [5.41, 5.74) is 1.11.